The Balaban J connectivity index is 3.25. The number of nitrogens with one attached hydrogen (secondary N) is 1. The van der Waals surface area contributed by atoms with Crippen molar-refractivity contribution >= 4 is 11.9 Å². The number of hydrogen-bond acceptors (Lipinski definition) is 4. The highest BCUT2D eigenvalue weighted by Crippen LogP contribution is 1.80. The largest absolute Gasteiger partial charge is 0.480 e. The molecule has 2 N–H and O–H groups in total. The van der Waals surface area contributed by atoms with Gasteiger partial charge >= 0.3 is 11.9 Å². The lowest BCUT2D eigenvalue weighted by atomic mass is 10.5. The minimum atomic E-state index is -0.988. The van der Waals surface area contributed by atoms with Crippen LogP contribution in [-0.2, 0) is 14.3 Å². The first-order valence-corrected chi connectivity index (χ1v) is 3.75. The van der Waals surface area contributed by atoms with E-state index in [1.807, 2.05) is 6.92 Å². The molecule has 0 unspecified atom stereocenters. The Morgan fingerprint density at radius 3 is 2.58 bits per heavy atom. The molecule has 0 bridgehead atoms. The Labute approximate surface area is 70.7 Å². The molecule has 0 aliphatic heterocycles. The first kappa shape index (κ1) is 10.9. The fourth-order valence-corrected chi connectivity index (χ4v) is 0.538. The first-order chi connectivity index (χ1) is 5.66. The maximum absolute atomic E-state index is 10.7. The minimum absolute atomic E-state index is 0.0493. The Morgan fingerprint density at radius 1 is 1.42 bits per heavy atom. The summed E-state index contributed by atoms with van der Waals surface area (Å²) in [4.78, 5) is 20.7. The van der Waals surface area contributed by atoms with Crippen LogP contribution in [0.5, 0.6) is 0 Å². The monoisotopic (exact) mass is 175 g/mol. The number of rotatable bonds is 6. The summed E-state index contributed by atoms with van der Waals surface area (Å²) in [7, 11) is 0. The molecule has 0 saturated carbocycles. The van der Waals surface area contributed by atoms with Gasteiger partial charge in [-0.15, -0.1) is 0 Å². The van der Waals surface area contributed by atoms with Crippen LogP contribution in [0.3, 0.4) is 0 Å². The van der Waals surface area contributed by atoms with Gasteiger partial charge in [0.1, 0.15) is 0 Å². The highest BCUT2D eigenvalue weighted by Gasteiger charge is 2.02. The van der Waals surface area contributed by atoms with Crippen molar-refractivity contribution in [2.75, 3.05) is 19.7 Å². The molecule has 0 rings (SSSR count). The molecule has 5 nitrogen and oxygen atoms in total. The zero-order valence-electron chi connectivity index (χ0n) is 7.00. The van der Waals surface area contributed by atoms with Gasteiger partial charge in [-0.3, -0.25) is 14.9 Å². The van der Waals surface area contributed by atoms with Crippen molar-refractivity contribution in [1.82, 2.24) is 5.32 Å². The third kappa shape index (κ3) is 7.01. The number of esters is 1. The zero-order chi connectivity index (χ0) is 9.40. The summed E-state index contributed by atoms with van der Waals surface area (Å²) in [6.45, 7) is 2.00. The highest BCUT2D eigenvalue weighted by atomic mass is 16.5. The van der Waals surface area contributed by atoms with E-state index in [-0.39, 0.29) is 13.1 Å². The van der Waals surface area contributed by atoms with E-state index in [9.17, 15) is 9.59 Å². The molecule has 12 heavy (non-hydrogen) atoms. The van der Waals surface area contributed by atoms with E-state index in [2.05, 4.69) is 10.1 Å². The van der Waals surface area contributed by atoms with Crippen molar-refractivity contribution in [1.29, 1.82) is 0 Å². The first-order valence-electron chi connectivity index (χ1n) is 3.75. The molecule has 0 aromatic carbocycles. The molecular weight excluding hydrogens is 162 g/mol. The molecule has 0 amide bonds. The number of carbonyl (C=O) groups excluding carboxylic acids is 1. The van der Waals surface area contributed by atoms with Gasteiger partial charge in [0, 0.05) is 0 Å². The average Bonchev–Trinajstić information content (AvgIpc) is 2.00. The second-order valence-electron chi connectivity index (χ2n) is 2.22. The lowest BCUT2D eigenvalue weighted by molar-refractivity contribution is -0.142. The summed E-state index contributed by atoms with van der Waals surface area (Å²) >= 11 is 0. The van der Waals surface area contributed by atoms with E-state index in [4.69, 9.17) is 5.11 Å². The molecule has 0 atom stereocenters. The van der Waals surface area contributed by atoms with Crippen molar-refractivity contribution in [3.8, 4) is 0 Å². The summed E-state index contributed by atoms with van der Waals surface area (Å²) in [5.41, 5.74) is 0. The summed E-state index contributed by atoms with van der Waals surface area (Å²) in [6, 6.07) is 0. The molecular formula is C7H13NO4. The lowest BCUT2D eigenvalue weighted by Crippen LogP contribution is -2.29. The van der Waals surface area contributed by atoms with Gasteiger partial charge in [0.25, 0.3) is 0 Å². The van der Waals surface area contributed by atoms with Crippen LogP contribution < -0.4 is 5.32 Å². The quantitative estimate of drug-likeness (QED) is 0.538. The average molecular weight is 175 g/mol. The highest BCUT2D eigenvalue weighted by molar-refractivity contribution is 5.73. The summed E-state index contributed by atoms with van der Waals surface area (Å²) < 4.78 is 4.68. The molecule has 0 saturated heterocycles. The van der Waals surface area contributed by atoms with Gasteiger partial charge in [-0.05, 0) is 6.42 Å². The van der Waals surface area contributed by atoms with E-state index < -0.39 is 11.9 Å². The van der Waals surface area contributed by atoms with Crippen molar-refractivity contribution in [3.63, 3.8) is 0 Å². The zero-order valence-corrected chi connectivity index (χ0v) is 7.00. The van der Waals surface area contributed by atoms with E-state index in [0.717, 1.165) is 6.42 Å². The predicted octanol–water partition coefficient (Wildman–Crippen LogP) is -0.386. The molecule has 0 fully saturated rings. The number of carboxylic acid groups (broad SMARTS) is 1. The fraction of sp³-hybridized carbons (Fsp3) is 0.714. The molecule has 0 spiro atoms. The minimum Gasteiger partial charge on any atom is -0.480 e. The smallest absolute Gasteiger partial charge is 0.319 e. The number of carbonyl (C=O) groups is 2. The maximum atomic E-state index is 10.7. The Kier molecular flexibility index (Phi) is 6.00. The Hall–Kier alpha value is -1.10. The van der Waals surface area contributed by atoms with Crippen LogP contribution in [0, 0.1) is 0 Å². The van der Waals surface area contributed by atoms with Gasteiger partial charge in [-0.25, -0.2) is 0 Å². The van der Waals surface area contributed by atoms with Crippen molar-refractivity contribution in [3.05, 3.63) is 0 Å². The number of aliphatic carboxylic acids is 1. The predicted molar refractivity (Wildman–Crippen MR) is 41.8 cm³/mol. The standard InChI is InChI=1S/C7H13NO4/c1-2-3-12-7(11)5-8-4-6(9)10/h8H,2-5H2,1H3,(H,9,10). The van der Waals surface area contributed by atoms with Crippen molar-refractivity contribution < 1.29 is 19.4 Å². The maximum Gasteiger partial charge on any atom is 0.319 e. The molecule has 0 aromatic heterocycles. The second-order valence-corrected chi connectivity index (χ2v) is 2.22. The molecule has 0 heterocycles. The van der Waals surface area contributed by atoms with Crippen LogP contribution >= 0.6 is 0 Å². The number of ether oxygens (including phenoxy) is 1. The topological polar surface area (TPSA) is 75.6 Å². The third-order valence-electron chi connectivity index (χ3n) is 1.01. The summed E-state index contributed by atoms with van der Waals surface area (Å²) in [6.07, 6.45) is 0.769. The molecule has 0 aliphatic carbocycles. The molecule has 5 heteroatoms. The van der Waals surface area contributed by atoms with Crippen molar-refractivity contribution in [2.45, 2.75) is 13.3 Å². The molecule has 0 aliphatic rings. The van der Waals surface area contributed by atoms with E-state index >= 15 is 0 Å². The third-order valence-corrected chi connectivity index (χ3v) is 1.01. The van der Waals surface area contributed by atoms with Crippen molar-refractivity contribution in [2.24, 2.45) is 0 Å². The van der Waals surface area contributed by atoms with Gasteiger partial charge in [0.2, 0.25) is 0 Å². The summed E-state index contributed by atoms with van der Waals surface area (Å²) in [5.74, 6) is -1.41. The van der Waals surface area contributed by atoms with Crippen LogP contribution in [-0.4, -0.2) is 36.7 Å². The fourth-order valence-electron chi connectivity index (χ4n) is 0.538. The Morgan fingerprint density at radius 2 is 2.08 bits per heavy atom. The lowest BCUT2D eigenvalue weighted by Gasteiger charge is -2.02. The number of carboxylic acids is 1. The van der Waals surface area contributed by atoms with E-state index in [1.165, 1.54) is 0 Å². The van der Waals surface area contributed by atoms with Crippen LogP contribution in [0.2, 0.25) is 0 Å². The molecule has 70 valence electrons. The van der Waals surface area contributed by atoms with Crippen LogP contribution in [0.4, 0.5) is 0 Å². The van der Waals surface area contributed by atoms with Crippen LogP contribution in [0.1, 0.15) is 13.3 Å². The second kappa shape index (κ2) is 6.60. The van der Waals surface area contributed by atoms with Gasteiger partial charge < -0.3 is 9.84 Å². The Bertz CT molecular complexity index is 157. The van der Waals surface area contributed by atoms with Gasteiger partial charge in [-0.1, -0.05) is 6.92 Å². The van der Waals surface area contributed by atoms with Gasteiger partial charge in [0.05, 0.1) is 19.7 Å². The van der Waals surface area contributed by atoms with Gasteiger partial charge in [0.15, 0.2) is 0 Å². The van der Waals surface area contributed by atoms with Crippen LogP contribution in [0.15, 0.2) is 0 Å². The normalized spacial score (nSPS) is 9.42. The SMILES string of the molecule is CCCOC(=O)CNCC(=O)O. The van der Waals surface area contributed by atoms with Gasteiger partial charge in [-0.2, -0.15) is 0 Å². The molecule has 0 radical (unpaired) electrons. The van der Waals surface area contributed by atoms with E-state index in [0.29, 0.717) is 6.61 Å². The molecule has 0 aromatic rings. The number of hydrogen-bond donors (Lipinski definition) is 2. The summed E-state index contributed by atoms with van der Waals surface area (Å²) in [5, 5.41) is 10.6. The van der Waals surface area contributed by atoms with E-state index in [1.54, 1.807) is 0 Å². The van der Waals surface area contributed by atoms with Crippen LogP contribution in [0.25, 0.3) is 0 Å².